The number of carbonyl (C=O) groups is 2. The van der Waals surface area contributed by atoms with E-state index >= 15 is 0 Å². The molecule has 3 heterocycles. The van der Waals surface area contributed by atoms with Crippen LogP contribution >= 0.6 is 11.8 Å². The molecule has 2 aromatic carbocycles. The SMILES string of the molecule is Cc1ccc(NC(=O)N2CCC3(CC2)SCCN3C(=O)c2ccc3c(c2)OCO3)c(C)c1. The molecular weight excluding hydrogens is 426 g/mol. The molecule has 3 aliphatic heterocycles. The first-order valence-electron chi connectivity index (χ1n) is 10.9. The molecule has 1 spiro atoms. The van der Waals surface area contributed by atoms with E-state index in [9.17, 15) is 9.59 Å². The van der Waals surface area contributed by atoms with Gasteiger partial charge in [0.2, 0.25) is 6.79 Å². The Morgan fingerprint density at radius 3 is 2.56 bits per heavy atom. The van der Waals surface area contributed by atoms with Crippen LogP contribution < -0.4 is 14.8 Å². The third kappa shape index (κ3) is 3.77. The Morgan fingerprint density at radius 2 is 1.78 bits per heavy atom. The molecule has 0 saturated carbocycles. The zero-order valence-corrected chi connectivity index (χ0v) is 19.2. The molecule has 168 valence electrons. The Bertz CT molecular complexity index is 1070. The zero-order chi connectivity index (χ0) is 22.3. The molecule has 0 radical (unpaired) electrons. The molecule has 8 heteroatoms. The molecule has 0 bridgehead atoms. The molecule has 1 N–H and O–H groups in total. The fourth-order valence-electron chi connectivity index (χ4n) is 4.70. The highest BCUT2D eigenvalue weighted by atomic mass is 32.2. The van der Waals surface area contributed by atoms with Crippen molar-refractivity contribution in [1.29, 1.82) is 0 Å². The number of urea groups is 1. The number of fused-ring (bicyclic) bond motifs is 1. The second-order valence-electron chi connectivity index (χ2n) is 8.56. The van der Waals surface area contributed by atoms with Crippen molar-refractivity contribution in [3.05, 3.63) is 53.1 Å². The number of hydrogen-bond donors (Lipinski definition) is 1. The Balaban J connectivity index is 1.25. The van der Waals surface area contributed by atoms with Crippen molar-refractivity contribution < 1.29 is 19.1 Å². The van der Waals surface area contributed by atoms with Crippen LogP contribution in [0.15, 0.2) is 36.4 Å². The standard InChI is InChI=1S/C24H27N3O4S/c1-16-3-5-19(17(2)13-16)25-23(29)26-9-7-24(8-10-26)27(11-12-32-24)22(28)18-4-6-20-21(14-18)31-15-30-20/h3-6,13-14H,7-12,15H2,1-2H3,(H,25,29). The van der Waals surface area contributed by atoms with Crippen molar-refractivity contribution >= 4 is 29.4 Å². The minimum Gasteiger partial charge on any atom is -0.454 e. The number of hydrogen-bond acceptors (Lipinski definition) is 5. The summed E-state index contributed by atoms with van der Waals surface area (Å²) in [7, 11) is 0. The highest BCUT2D eigenvalue weighted by Gasteiger charge is 2.47. The molecule has 2 saturated heterocycles. The van der Waals surface area contributed by atoms with Crippen molar-refractivity contribution in [2.45, 2.75) is 31.6 Å². The second-order valence-corrected chi connectivity index (χ2v) is 10.0. The predicted molar refractivity (Wildman–Crippen MR) is 125 cm³/mol. The third-order valence-electron chi connectivity index (χ3n) is 6.50. The van der Waals surface area contributed by atoms with Gasteiger partial charge in [-0.05, 0) is 56.5 Å². The van der Waals surface area contributed by atoms with E-state index in [0.29, 0.717) is 36.7 Å². The number of nitrogens with zero attached hydrogens (tertiary/aromatic N) is 2. The lowest BCUT2D eigenvalue weighted by Gasteiger charge is -2.44. The highest BCUT2D eigenvalue weighted by Crippen LogP contribution is 2.45. The van der Waals surface area contributed by atoms with Crippen LogP contribution in [-0.2, 0) is 0 Å². The summed E-state index contributed by atoms with van der Waals surface area (Å²) in [5.74, 6) is 2.22. The Labute approximate surface area is 192 Å². The molecule has 2 fully saturated rings. The number of ether oxygens (including phenoxy) is 2. The van der Waals surface area contributed by atoms with Crippen LogP contribution in [-0.4, -0.2) is 58.8 Å². The van der Waals surface area contributed by atoms with Gasteiger partial charge in [-0.3, -0.25) is 4.79 Å². The van der Waals surface area contributed by atoms with E-state index in [0.717, 1.165) is 29.8 Å². The lowest BCUT2D eigenvalue weighted by atomic mass is 10.0. The molecule has 3 amide bonds. The summed E-state index contributed by atoms with van der Waals surface area (Å²) < 4.78 is 10.8. The molecule has 0 unspecified atom stereocenters. The van der Waals surface area contributed by atoms with Crippen LogP contribution in [0.25, 0.3) is 0 Å². The summed E-state index contributed by atoms with van der Waals surface area (Å²) in [6.45, 7) is 6.19. The van der Waals surface area contributed by atoms with E-state index in [4.69, 9.17) is 9.47 Å². The summed E-state index contributed by atoms with van der Waals surface area (Å²) in [4.78, 5) is 29.8. The van der Waals surface area contributed by atoms with E-state index in [1.807, 2.05) is 47.5 Å². The normalized spacial score (nSPS) is 18.8. The van der Waals surface area contributed by atoms with Gasteiger partial charge in [0.05, 0.1) is 4.87 Å². The fraction of sp³-hybridized carbons (Fsp3) is 0.417. The number of nitrogens with one attached hydrogen (secondary N) is 1. The van der Waals surface area contributed by atoms with Crippen molar-refractivity contribution in [3.8, 4) is 11.5 Å². The maximum atomic E-state index is 13.4. The molecule has 5 rings (SSSR count). The topological polar surface area (TPSA) is 71.1 Å². The minimum absolute atomic E-state index is 0.0153. The van der Waals surface area contributed by atoms with E-state index in [-0.39, 0.29) is 23.6 Å². The monoisotopic (exact) mass is 453 g/mol. The van der Waals surface area contributed by atoms with Crippen LogP contribution in [0.1, 0.15) is 34.3 Å². The number of carbonyl (C=O) groups excluding carboxylic acids is 2. The molecular formula is C24H27N3O4S. The average Bonchev–Trinajstić information content (AvgIpc) is 3.42. The summed E-state index contributed by atoms with van der Waals surface area (Å²) in [6, 6.07) is 11.3. The first-order valence-corrected chi connectivity index (χ1v) is 11.9. The number of thioether (sulfide) groups is 1. The molecule has 0 atom stereocenters. The van der Waals surface area contributed by atoms with Crippen molar-refractivity contribution in [2.24, 2.45) is 0 Å². The molecule has 32 heavy (non-hydrogen) atoms. The quantitative estimate of drug-likeness (QED) is 0.736. The number of anilines is 1. The second kappa shape index (κ2) is 8.24. The zero-order valence-electron chi connectivity index (χ0n) is 18.3. The van der Waals surface area contributed by atoms with Gasteiger partial charge >= 0.3 is 6.03 Å². The van der Waals surface area contributed by atoms with Crippen LogP contribution in [0.2, 0.25) is 0 Å². The van der Waals surface area contributed by atoms with Gasteiger partial charge in [0.25, 0.3) is 5.91 Å². The largest absolute Gasteiger partial charge is 0.454 e. The lowest BCUT2D eigenvalue weighted by Crippen LogP contribution is -2.54. The molecule has 0 aliphatic carbocycles. The number of rotatable bonds is 2. The Morgan fingerprint density at radius 1 is 1.00 bits per heavy atom. The van der Waals surface area contributed by atoms with Gasteiger partial charge in [-0.25, -0.2) is 4.79 Å². The van der Waals surface area contributed by atoms with Crippen LogP contribution in [0, 0.1) is 13.8 Å². The van der Waals surface area contributed by atoms with E-state index < -0.39 is 0 Å². The van der Waals surface area contributed by atoms with E-state index in [2.05, 4.69) is 11.4 Å². The summed E-state index contributed by atoms with van der Waals surface area (Å²) >= 11 is 1.83. The summed E-state index contributed by atoms with van der Waals surface area (Å²) in [5, 5.41) is 3.04. The average molecular weight is 454 g/mol. The van der Waals surface area contributed by atoms with Crippen LogP contribution in [0.4, 0.5) is 10.5 Å². The highest BCUT2D eigenvalue weighted by molar-refractivity contribution is 8.00. The number of aryl methyl sites for hydroxylation is 2. The van der Waals surface area contributed by atoms with Gasteiger partial charge in [-0.1, -0.05) is 17.7 Å². The van der Waals surface area contributed by atoms with Gasteiger partial charge < -0.3 is 24.6 Å². The van der Waals surface area contributed by atoms with Crippen LogP contribution in [0.3, 0.4) is 0 Å². The Kier molecular flexibility index (Phi) is 5.41. The molecule has 2 aromatic rings. The van der Waals surface area contributed by atoms with Gasteiger partial charge in [0.15, 0.2) is 11.5 Å². The Hall–Kier alpha value is -2.87. The number of benzene rings is 2. The summed E-state index contributed by atoms with van der Waals surface area (Å²) in [6.07, 6.45) is 1.52. The van der Waals surface area contributed by atoms with E-state index in [1.54, 1.807) is 18.2 Å². The lowest BCUT2D eigenvalue weighted by molar-refractivity contribution is 0.0585. The van der Waals surface area contributed by atoms with Crippen molar-refractivity contribution in [1.82, 2.24) is 9.80 Å². The third-order valence-corrected chi connectivity index (χ3v) is 8.05. The van der Waals surface area contributed by atoms with Crippen molar-refractivity contribution in [3.63, 3.8) is 0 Å². The van der Waals surface area contributed by atoms with Gasteiger partial charge in [-0.2, -0.15) is 0 Å². The molecule has 0 aromatic heterocycles. The summed E-state index contributed by atoms with van der Waals surface area (Å²) in [5.41, 5.74) is 3.69. The minimum atomic E-state index is -0.260. The first kappa shape index (κ1) is 21.0. The predicted octanol–water partition coefficient (Wildman–Crippen LogP) is 4.25. The smallest absolute Gasteiger partial charge is 0.321 e. The van der Waals surface area contributed by atoms with Gasteiger partial charge in [0.1, 0.15) is 0 Å². The molecule has 7 nitrogen and oxygen atoms in total. The maximum Gasteiger partial charge on any atom is 0.321 e. The van der Waals surface area contributed by atoms with Gasteiger partial charge in [-0.15, -0.1) is 11.8 Å². The number of piperidine rings is 1. The van der Waals surface area contributed by atoms with E-state index in [1.165, 1.54) is 5.56 Å². The first-order chi connectivity index (χ1) is 15.4. The fourth-order valence-corrected chi connectivity index (χ4v) is 6.16. The van der Waals surface area contributed by atoms with Crippen LogP contribution in [0.5, 0.6) is 11.5 Å². The van der Waals surface area contributed by atoms with Crippen molar-refractivity contribution in [2.75, 3.05) is 37.5 Å². The molecule has 3 aliphatic rings. The number of likely N-dealkylation sites (tertiary alicyclic amines) is 1. The van der Waals surface area contributed by atoms with Gasteiger partial charge in [0, 0.05) is 36.6 Å². The number of amides is 3. The maximum absolute atomic E-state index is 13.4.